The van der Waals surface area contributed by atoms with Crippen LogP contribution in [0.1, 0.15) is 50.5 Å². The van der Waals surface area contributed by atoms with Gasteiger partial charge in [0, 0.05) is 12.1 Å². The summed E-state index contributed by atoms with van der Waals surface area (Å²) in [5.74, 6) is 1.38. The van der Waals surface area contributed by atoms with Crippen LogP contribution in [0.25, 0.3) is 0 Å². The Morgan fingerprint density at radius 1 is 1.18 bits per heavy atom. The molecule has 0 saturated heterocycles. The zero-order valence-electron chi connectivity index (χ0n) is 13.3. The van der Waals surface area contributed by atoms with Crippen LogP contribution >= 0.6 is 0 Å². The van der Waals surface area contributed by atoms with Crippen molar-refractivity contribution in [2.45, 2.75) is 57.5 Å². The maximum Gasteiger partial charge on any atom is 0.224 e. The highest BCUT2D eigenvalue weighted by atomic mass is 16.3. The minimum atomic E-state index is -0.478. The van der Waals surface area contributed by atoms with Crippen molar-refractivity contribution in [1.82, 2.24) is 0 Å². The number of carbonyl (C=O) groups excluding carboxylic acids is 1. The van der Waals surface area contributed by atoms with E-state index in [-0.39, 0.29) is 11.3 Å². The van der Waals surface area contributed by atoms with Crippen molar-refractivity contribution < 1.29 is 9.90 Å². The topological polar surface area (TPSA) is 49.3 Å². The van der Waals surface area contributed by atoms with Crippen LogP contribution in [0.15, 0.2) is 24.3 Å². The Hall–Kier alpha value is -1.35. The summed E-state index contributed by atoms with van der Waals surface area (Å²) in [5.41, 5.74) is 1.64. The molecule has 3 heteroatoms. The molecule has 1 amide bonds. The molecule has 4 aliphatic rings. The Morgan fingerprint density at radius 2 is 1.82 bits per heavy atom. The number of anilines is 1. The van der Waals surface area contributed by atoms with E-state index in [2.05, 4.69) is 5.32 Å². The number of benzene rings is 1. The second-order valence-electron chi connectivity index (χ2n) is 8.28. The van der Waals surface area contributed by atoms with Gasteiger partial charge in [-0.25, -0.2) is 0 Å². The van der Waals surface area contributed by atoms with Gasteiger partial charge in [0.05, 0.1) is 5.60 Å². The Kier molecular flexibility index (Phi) is 3.12. The van der Waals surface area contributed by atoms with Crippen LogP contribution in [0.5, 0.6) is 0 Å². The van der Waals surface area contributed by atoms with Gasteiger partial charge in [-0.3, -0.25) is 4.79 Å². The summed E-state index contributed by atoms with van der Waals surface area (Å²) in [6.07, 6.45) is 6.85. The Balaban J connectivity index is 1.46. The van der Waals surface area contributed by atoms with Crippen LogP contribution in [0.3, 0.4) is 0 Å². The molecule has 4 bridgehead atoms. The molecule has 5 rings (SSSR count). The monoisotopic (exact) mass is 299 g/mol. The van der Waals surface area contributed by atoms with Gasteiger partial charge in [-0.2, -0.15) is 0 Å². The summed E-state index contributed by atoms with van der Waals surface area (Å²) in [4.78, 5) is 12.5. The van der Waals surface area contributed by atoms with Gasteiger partial charge >= 0.3 is 0 Å². The maximum atomic E-state index is 12.5. The van der Waals surface area contributed by atoms with Gasteiger partial charge in [0.2, 0.25) is 5.91 Å². The number of hydrogen-bond donors (Lipinski definition) is 2. The first kappa shape index (κ1) is 14.3. The summed E-state index contributed by atoms with van der Waals surface area (Å²) in [6.45, 7) is 2.04. The van der Waals surface area contributed by atoms with Gasteiger partial charge < -0.3 is 10.4 Å². The van der Waals surface area contributed by atoms with Crippen molar-refractivity contribution in [3.05, 3.63) is 29.8 Å². The van der Waals surface area contributed by atoms with Gasteiger partial charge in [-0.15, -0.1) is 0 Å². The molecular formula is C19H25NO2. The minimum absolute atomic E-state index is 0.0492. The number of aryl methyl sites for hydroxylation is 1. The van der Waals surface area contributed by atoms with Crippen LogP contribution in [0.4, 0.5) is 5.69 Å². The molecule has 2 atom stereocenters. The van der Waals surface area contributed by atoms with E-state index in [0.717, 1.165) is 37.8 Å². The first-order chi connectivity index (χ1) is 10.4. The predicted octanol–water partition coefficient (Wildman–Crippen LogP) is 3.65. The summed E-state index contributed by atoms with van der Waals surface area (Å²) in [5, 5.41) is 13.8. The number of carbonyl (C=O) groups is 1. The fourth-order valence-electron chi connectivity index (χ4n) is 5.79. The third kappa shape index (κ3) is 2.56. The molecule has 3 nitrogen and oxygen atoms in total. The Morgan fingerprint density at radius 3 is 2.41 bits per heavy atom. The third-order valence-corrected chi connectivity index (χ3v) is 6.02. The first-order valence-electron chi connectivity index (χ1n) is 8.53. The van der Waals surface area contributed by atoms with Gasteiger partial charge in [-0.1, -0.05) is 17.7 Å². The lowest BCUT2D eigenvalue weighted by atomic mass is 9.47. The molecular weight excluding hydrogens is 274 g/mol. The fraction of sp³-hybridized carbons (Fsp3) is 0.632. The zero-order valence-corrected chi connectivity index (χ0v) is 13.3. The van der Waals surface area contributed by atoms with Gasteiger partial charge in [0.25, 0.3) is 0 Å². The van der Waals surface area contributed by atoms with Crippen LogP contribution < -0.4 is 5.32 Å². The van der Waals surface area contributed by atoms with E-state index in [0.29, 0.717) is 18.3 Å². The number of rotatable bonds is 3. The predicted molar refractivity (Wildman–Crippen MR) is 86.5 cm³/mol. The van der Waals surface area contributed by atoms with E-state index in [1.54, 1.807) is 0 Å². The Labute approximate surface area is 132 Å². The molecule has 1 aromatic rings. The average molecular weight is 299 g/mol. The maximum absolute atomic E-state index is 12.5. The second kappa shape index (κ2) is 4.82. The van der Waals surface area contributed by atoms with Gasteiger partial charge in [0.15, 0.2) is 0 Å². The average Bonchev–Trinajstić information content (AvgIpc) is 2.37. The van der Waals surface area contributed by atoms with E-state index in [4.69, 9.17) is 0 Å². The van der Waals surface area contributed by atoms with Crippen LogP contribution in [0.2, 0.25) is 0 Å². The molecule has 0 aliphatic heterocycles. The number of amides is 1. The fourth-order valence-corrected chi connectivity index (χ4v) is 5.79. The van der Waals surface area contributed by atoms with E-state index < -0.39 is 5.60 Å². The van der Waals surface area contributed by atoms with Crippen molar-refractivity contribution in [3.8, 4) is 0 Å². The van der Waals surface area contributed by atoms with E-state index in [1.165, 1.54) is 12.0 Å². The molecule has 118 valence electrons. The van der Waals surface area contributed by atoms with Crippen LogP contribution in [-0.2, 0) is 4.79 Å². The number of nitrogens with one attached hydrogen (secondary N) is 1. The number of hydrogen-bond acceptors (Lipinski definition) is 2. The van der Waals surface area contributed by atoms with Crippen molar-refractivity contribution in [2.75, 3.05) is 5.32 Å². The molecule has 4 fully saturated rings. The highest BCUT2D eigenvalue weighted by molar-refractivity contribution is 5.91. The quantitative estimate of drug-likeness (QED) is 0.895. The molecule has 22 heavy (non-hydrogen) atoms. The lowest BCUT2D eigenvalue weighted by molar-refractivity contribution is -0.167. The van der Waals surface area contributed by atoms with E-state index in [9.17, 15) is 9.90 Å². The third-order valence-electron chi connectivity index (χ3n) is 6.02. The summed E-state index contributed by atoms with van der Waals surface area (Å²) < 4.78 is 0. The molecule has 4 saturated carbocycles. The summed E-state index contributed by atoms with van der Waals surface area (Å²) in [7, 11) is 0. The van der Waals surface area contributed by atoms with Crippen molar-refractivity contribution in [1.29, 1.82) is 0 Å². The van der Waals surface area contributed by atoms with Crippen LogP contribution in [-0.4, -0.2) is 16.6 Å². The molecule has 0 spiro atoms. The minimum Gasteiger partial charge on any atom is -0.390 e. The van der Waals surface area contributed by atoms with E-state index in [1.807, 2.05) is 31.2 Å². The largest absolute Gasteiger partial charge is 0.390 e. The highest BCUT2D eigenvalue weighted by Gasteiger charge is 2.57. The normalized spacial score (nSPS) is 39.0. The van der Waals surface area contributed by atoms with E-state index >= 15 is 0 Å². The molecule has 2 unspecified atom stereocenters. The molecule has 4 aliphatic carbocycles. The molecule has 0 aromatic heterocycles. The van der Waals surface area contributed by atoms with Crippen molar-refractivity contribution >= 4 is 11.6 Å². The highest BCUT2D eigenvalue weighted by Crippen LogP contribution is 2.62. The molecule has 1 aromatic carbocycles. The Bertz CT molecular complexity index is 578. The van der Waals surface area contributed by atoms with Gasteiger partial charge in [-0.05, 0) is 74.8 Å². The second-order valence-corrected chi connectivity index (χ2v) is 8.28. The van der Waals surface area contributed by atoms with Gasteiger partial charge in [0.1, 0.15) is 0 Å². The smallest absolute Gasteiger partial charge is 0.224 e. The summed E-state index contributed by atoms with van der Waals surface area (Å²) >= 11 is 0. The van der Waals surface area contributed by atoms with Crippen molar-refractivity contribution in [2.24, 2.45) is 17.3 Å². The zero-order chi connectivity index (χ0) is 15.4. The van der Waals surface area contributed by atoms with Crippen LogP contribution in [0, 0.1) is 24.2 Å². The lowest BCUT2D eigenvalue weighted by Gasteiger charge is -2.60. The first-order valence-corrected chi connectivity index (χ1v) is 8.53. The van der Waals surface area contributed by atoms with Crippen molar-refractivity contribution in [3.63, 3.8) is 0 Å². The lowest BCUT2D eigenvalue weighted by Crippen LogP contribution is -2.56. The SMILES string of the molecule is Cc1ccc(NC(=O)CC23CC4CC(CC(O)(C4)C2)C3)cc1. The summed E-state index contributed by atoms with van der Waals surface area (Å²) in [6, 6.07) is 7.95. The molecule has 0 heterocycles. The number of aliphatic hydroxyl groups is 1. The standard InChI is InChI=1S/C19H25NO2/c1-13-2-4-16(5-3-13)20-17(21)11-18-7-14-6-15(8-18)10-19(22,9-14)12-18/h2-5,14-15,22H,6-12H2,1H3,(H,20,21). The molecule has 2 N–H and O–H groups in total. The molecule has 0 radical (unpaired) electrons.